The first kappa shape index (κ1) is 18.9. The van der Waals surface area contributed by atoms with Gasteiger partial charge in [0.15, 0.2) is 5.75 Å². The predicted octanol–water partition coefficient (Wildman–Crippen LogP) is 4.99. The lowest BCUT2D eigenvalue weighted by atomic mass is 10.3. The lowest BCUT2D eigenvalue weighted by Crippen LogP contribution is -2.38. The number of hydrogen-bond acceptors (Lipinski definition) is 3. The second-order valence-corrected chi connectivity index (χ2v) is 6.39. The van der Waals surface area contributed by atoms with Gasteiger partial charge in [-0.25, -0.2) is 9.78 Å². The van der Waals surface area contributed by atoms with Crippen molar-refractivity contribution in [3.05, 3.63) is 45.9 Å². The summed E-state index contributed by atoms with van der Waals surface area (Å²) in [4.78, 5) is 18.1. The van der Waals surface area contributed by atoms with E-state index in [4.69, 9.17) is 39.5 Å². The van der Waals surface area contributed by atoms with E-state index in [-0.39, 0.29) is 12.6 Å². The van der Waals surface area contributed by atoms with Gasteiger partial charge in [0.2, 0.25) is 0 Å². The molecule has 1 amide bonds. The molecule has 0 fully saturated rings. The summed E-state index contributed by atoms with van der Waals surface area (Å²) < 4.78 is 7.10. The minimum Gasteiger partial charge on any atom is -0.489 e. The van der Waals surface area contributed by atoms with Crippen LogP contribution in [-0.4, -0.2) is 40.2 Å². The Labute approximate surface area is 156 Å². The van der Waals surface area contributed by atoms with Crippen LogP contribution in [0, 0.1) is 0 Å². The molecular weight excluding hydrogens is 373 g/mol. The molecule has 0 aliphatic carbocycles. The molecule has 1 aromatic carbocycles. The zero-order valence-corrected chi connectivity index (χ0v) is 15.5. The quantitative estimate of drug-likeness (QED) is 0.669. The van der Waals surface area contributed by atoms with Crippen LogP contribution in [0.4, 0.5) is 4.79 Å². The van der Waals surface area contributed by atoms with Crippen LogP contribution >= 0.6 is 34.8 Å². The van der Waals surface area contributed by atoms with Crippen LogP contribution in [0.25, 0.3) is 0 Å². The standard InChI is InChI=1S/C16H18Cl3N3O2/c1-2-3-5-21(16(23)22-6-4-20-11-22)7-8-24-15-13(18)9-12(17)10-14(15)19/h4,6,9-11H,2-3,5,7-8H2,1H3. The average molecular weight is 391 g/mol. The van der Waals surface area contributed by atoms with Crippen LogP contribution in [0.1, 0.15) is 19.8 Å². The summed E-state index contributed by atoms with van der Waals surface area (Å²) in [5.74, 6) is 0.369. The highest BCUT2D eigenvalue weighted by molar-refractivity contribution is 6.40. The fourth-order valence-electron chi connectivity index (χ4n) is 2.11. The number of unbranched alkanes of at least 4 members (excludes halogenated alkanes) is 1. The molecular formula is C16H18Cl3N3O2. The highest BCUT2D eigenvalue weighted by atomic mass is 35.5. The fourth-order valence-corrected chi connectivity index (χ4v) is 3.04. The molecule has 24 heavy (non-hydrogen) atoms. The van der Waals surface area contributed by atoms with Crippen LogP contribution in [0.2, 0.25) is 15.1 Å². The van der Waals surface area contributed by atoms with Gasteiger partial charge in [0, 0.05) is 24.0 Å². The van der Waals surface area contributed by atoms with Gasteiger partial charge in [0.05, 0.1) is 16.6 Å². The number of nitrogens with zero attached hydrogens (tertiary/aromatic N) is 3. The first-order valence-electron chi connectivity index (χ1n) is 7.57. The van der Waals surface area contributed by atoms with Gasteiger partial charge in [-0.3, -0.25) is 4.57 Å². The number of amides is 1. The summed E-state index contributed by atoms with van der Waals surface area (Å²) >= 11 is 18.1. The zero-order valence-electron chi connectivity index (χ0n) is 13.2. The molecule has 2 rings (SSSR count). The molecule has 0 radical (unpaired) electrons. The van der Waals surface area contributed by atoms with Crippen molar-refractivity contribution in [2.24, 2.45) is 0 Å². The smallest absolute Gasteiger partial charge is 0.329 e. The SMILES string of the molecule is CCCCN(CCOc1c(Cl)cc(Cl)cc1Cl)C(=O)n1ccnc1. The van der Waals surface area contributed by atoms with Crippen molar-refractivity contribution in [1.82, 2.24) is 14.5 Å². The molecule has 0 unspecified atom stereocenters. The fraction of sp³-hybridized carbons (Fsp3) is 0.375. The minimum absolute atomic E-state index is 0.141. The Balaban J connectivity index is 1.99. The van der Waals surface area contributed by atoms with E-state index in [1.54, 1.807) is 29.4 Å². The van der Waals surface area contributed by atoms with Crippen molar-refractivity contribution < 1.29 is 9.53 Å². The van der Waals surface area contributed by atoms with E-state index in [1.807, 2.05) is 0 Å². The van der Waals surface area contributed by atoms with Crippen molar-refractivity contribution in [3.63, 3.8) is 0 Å². The second-order valence-electron chi connectivity index (χ2n) is 5.14. The molecule has 0 saturated heterocycles. The molecule has 0 saturated carbocycles. The summed E-state index contributed by atoms with van der Waals surface area (Å²) in [7, 11) is 0. The monoisotopic (exact) mass is 389 g/mol. The summed E-state index contributed by atoms with van der Waals surface area (Å²) in [5, 5.41) is 1.12. The summed E-state index contributed by atoms with van der Waals surface area (Å²) in [5.41, 5.74) is 0. The number of ether oxygens (including phenoxy) is 1. The van der Waals surface area contributed by atoms with Gasteiger partial charge in [0.1, 0.15) is 12.9 Å². The molecule has 0 spiro atoms. The van der Waals surface area contributed by atoms with E-state index >= 15 is 0 Å². The number of carbonyl (C=O) groups is 1. The molecule has 0 bridgehead atoms. The van der Waals surface area contributed by atoms with E-state index in [1.165, 1.54) is 10.9 Å². The maximum Gasteiger partial charge on any atom is 0.329 e. The molecule has 130 valence electrons. The summed E-state index contributed by atoms with van der Waals surface area (Å²) in [6, 6.07) is 2.99. The van der Waals surface area contributed by atoms with Gasteiger partial charge >= 0.3 is 6.03 Å². The molecule has 2 aromatic rings. The third-order valence-corrected chi connectivity index (χ3v) is 4.13. The third-order valence-electron chi connectivity index (χ3n) is 3.35. The zero-order chi connectivity index (χ0) is 17.5. The Bertz CT molecular complexity index is 654. The molecule has 5 nitrogen and oxygen atoms in total. The van der Waals surface area contributed by atoms with Crippen LogP contribution in [0.3, 0.4) is 0 Å². The Morgan fingerprint density at radius 1 is 1.25 bits per heavy atom. The van der Waals surface area contributed by atoms with Crippen LogP contribution in [0.5, 0.6) is 5.75 Å². The maximum absolute atomic E-state index is 12.5. The molecule has 1 aromatic heterocycles. The number of halogens is 3. The molecule has 0 aliphatic heterocycles. The first-order chi connectivity index (χ1) is 11.5. The molecule has 0 atom stereocenters. The van der Waals surface area contributed by atoms with E-state index in [0.717, 1.165) is 12.8 Å². The minimum atomic E-state index is -0.141. The predicted molar refractivity (Wildman–Crippen MR) is 96.5 cm³/mol. The lowest BCUT2D eigenvalue weighted by molar-refractivity contribution is 0.183. The largest absolute Gasteiger partial charge is 0.489 e. The number of benzene rings is 1. The number of hydrogen-bond donors (Lipinski definition) is 0. The highest BCUT2D eigenvalue weighted by Crippen LogP contribution is 2.35. The van der Waals surface area contributed by atoms with E-state index in [2.05, 4.69) is 11.9 Å². The van der Waals surface area contributed by atoms with Crippen molar-refractivity contribution in [1.29, 1.82) is 0 Å². The Morgan fingerprint density at radius 3 is 2.54 bits per heavy atom. The Morgan fingerprint density at radius 2 is 1.96 bits per heavy atom. The van der Waals surface area contributed by atoms with Crippen LogP contribution < -0.4 is 4.74 Å². The number of imidazole rings is 1. The average Bonchev–Trinajstić information content (AvgIpc) is 3.06. The first-order valence-corrected chi connectivity index (χ1v) is 8.71. The second kappa shape index (κ2) is 9.16. The maximum atomic E-state index is 12.5. The van der Waals surface area contributed by atoms with E-state index < -0.39 is 0 Å². The van der Waals surface area contributed by atoms with Gasteiger partial charge in [-0.2, -0.15) is 0 Å². The highest BCUT2D eigenvalue weighted by Gasteiger charge is 2.16. The topological polar surface area (TPSA) is 47.4 Å². The van der Waals surface area contributed by atoms with Gasteiger partial charge in [-0.05, 0) is 18.6 Å². The van der Waals surface area contributed by atoms with Gasteiger partial charge < -0.3 is 9.64 Å². The Kier molecular flexibility index (Phi) is 7.21. The van der Waals surface area contributed by atoms with Crippen molar-refractivity contribution in [3.8, 4) is 5.75 Å². The van der Waals surface area contributed by atoms with Crippen molar-refractivity contribution >= 4 is 40.8 Å². The number of carbonyl (C=O) groups excluding carboxylic acids is 1. The van der Waals surface area contributed by atoms with E-state index in [9.17, 15) is 4.79 Å². The van der Waals surface area contributed by atoms with Crippen LogP contribution in [0.15, 0.2) is 30.9 Å². The van der Waals surface area contributed by atoms with E-state index in [0.29, 0.717) is 33.9 Å². The van der Waals surface area contributed by atoms with Gasteiger partial charge in [-0.1, -0.05) is 48.1 Å². The van der Waals surface area contributed by atoms with Gasteiger partial charge in [0.25, 0.3) is 0 Å². The van der Waals surface area contributed by atoms with Crippen LogP contribution in [-0.2, 0) is 0 Å². The molecule has 1 heterocycles. The van der Waals surface area contributed by atoms with Crippen molar-refractivity contribution in [2.75, 3.05) is 19.7 Å². The normalized spacial score (nSPS) is 10.7. The summed E-state index contributed by atoms with van der Waals surface area (Å²) in [6.07, 6.45) is 6.57. The third kappa shape index (κ3) is 5.03. The van der Waals surface area contributed by atoms with Crippen molar-refractivity contribution in [2.45, 2.75) is 19.8 Å². The Hall–Kier alpha value is -1.43. The lowest BCUT2D eigenvalue weighted by Gasteiger charge is -2.23. The van der Waals surface area contributed by atoms with Gasteiger partial charge in [-0.15, -0.1) is 0 Å². The summed E-state index contributed by atoms with van der Waals surface area (Å²) in [6.45, 7) is 3.39. The number of aromatic nitrogens is 2. The molecule has 0 N–H and O–H groups in total. The molecule has 0 aliphatic rings. The number of rotatable bonds is 7. The molecule has 8 heteroatoms.